The lowest BCUT2D eigenvalue weighted by atomic mass is 10.2. The Labute approximate surface area is 139 Å². The minimum Gasteiger partial charge on any atom is -0.489 e. The van der Waals surface area contributed by atoms with Crippen LogP contribution >= 0.6 is 0 Å². The molecule has 0 aliphatic rings. The van der Waals surface area contributed by atoms with Crippen molar-refractivity contribution >= 4 is 23.0 Å². The minimum atomic E-state index is -0.328. The fourth-order valence-electron chi connectivity index (χ4n) is 2.35. The molecule has 24 heavy (non-hydrogen) atoms. The maximum Gasteiger partial charge on any atom is 0.275 e. The predicted molar refractivity (Wildman–Crippen MR) is 95.5 cm³/mol. The third-order valence-electron chi connectivity index (χ3n) is 3.48. The molecule has 2 N–H and O–H groups in total. The molecular weight excluding hydrogens is 302 g/mol. The van der Waals surface area contributed by atoms with Crippen LogP contribution < -0.4 is 10.2 Å². The van der Waals surface area contributed by atoms with Crippen LogP contribution in [-0.2, 0) is 0 Å². The Balaban J connectivity index is 1.72. The maximum absolute atomic E-state index is 12.3. The van der Waals surface area contributed by atoms with Crippen LogP contribution in [0.3, 0.4) is 0 Å². The van der Waals surface area contributed by atoms with Crippen LogP contribution in [0.5, 0.6) is 5.75 Å². The van der Waals surface area contributed by atoms with Crippen LogP contribution in [0.1, 0.15) is 15.9 Å². The largest absolute Gasteiger partial charge is 0.489 e. The minimum absolute atomic E-state index is 0.328. The number of aromatic nitrogens is 1. The predicted octanol–water partition coefficient (Wildman–Crippen LogP) is 3.50. The number of nitrogens with one attached hydrogen (secondary N) is 2. The van der Waals surface area contributed by atoms with Crippen LogP contribution in [0.25, 0.3) is 10.9 Å². The van der Waals surface area contributed by atoms with Crippen molar-refractivity contribution in [1.82, 2.24) is 10.4 Å². The van der Waals surface area contributed by atoms with Crippen LogP contribution in [0.4, 0.5) is 0 Å². The normalized spacial score (nSPS) is 10.8. The summed E-state index contributed by atoms with van der Waals surface area (Å²) in [7, 11) is 0. The topological polar surface area (TPSA) is 66.5 Å². The molecule has 0 saturated heterocycles. The van der Waals surface area contributed by atoms with Gasteiger partial charge in [0.15, 0.2) is 0 Å². The van der Waals surface area contributed by atoms with E-state index in [0.29, 0.717) is 17.9 Å². The molecule has 2 aromatic carbocycles. The lowest BCUT2D eigenvalue weighted by Crippen LogP contribution is -2.18. The number of nitrogens with zero attached hydrogens (tertiary/aromatic N) is 1. The van der Waals surface area contributed by atoms with E-state index in [0.717, 1.165) is 16.5 Å². The summed E-state index contributed by atoms with van der Waals surface area (Å²) in [5, 5.41) is 5.09. The molecule has 0 fully saturated rings. The van der Waals surface area contributed by atoms with Crippen molar-refractivity contribution in [3.63, 3.8) is 0 Å². The smallest absolute Gasteiger partial charge is 0.275 e. The first-order valence-corrected chi connectivity index (χ1v) is 7.52. The lowest BCUT2D eigenvalue weighted by molar-refractivity contribution is 0.0951. The summed E-state index contributed by atoms with van der Waals surface area (Å²) < 4.78 is 5.48. The average Bonchev–Trinajstić information content (AvgIpc) is 3.03. The molecule has 0 unspecified atom stereocenters. The number of ether oxygens (including phenoxy) is 1. The molecule has 120 valence electrons. The maximum atomic E-state index is 12.3. The van der Waals surface area contributed by atoms with Gasteiger partial charge in [-0.3, -0.25) is 4.79 Å². The lowest BCUT2D eigenvalue weighted by Gasteiger charge is -2.08. The zero-order valence-corrected chi connectivity index (χ0v) is 13.0. The Morgan fingerprint density at radius 3 is 2.88 bits per heavy atom. The van der Waals surface area contributed by atoms with Gasteiger partial charge in [-0.1, -0.05) is 43.0 Å². The molecule has 0 saturated carbocycles. The number of para-hydroxylation sites is 2. The summed E-state index contributed by atoms with van der Waals surface area (Å²) in [5.41, 5.74) is 4.88. The first-order valence-electron chi connectivity index (χ1n) is 7.52. The number of benzene rings is 2. The number of rotatable bonds is 6. The third kappa shape index (κ3) is 3.35. The quantitative estimate of drug-likeness (QED) is 0.415. The highest BCUT2D eigenvalue weighted by molar-refractivity contribution is 6.00. The van der Waals surface area contributed by atoms with Gasteiger partial charge in [-0.15, -0.1) is 0 Å². The second-order valence-electron chi connectivity index (χ2n) is 5.08. The van der Waals surface area contributed by atoms with E-state index in [9.17, 15) is 4.79 Å². The van der Waals surface area contributed by atoms with E-state index in [1.54, 1.807) is 30.5 Å². The van der Waals surface area contributed by atoms with E-state index >= 15 is 0 Å². The number of hydrazone groups is 1. The number of carbonyl (C=O) groups is 1. The third-order valence-corrected chi connectivity index (χ3v) is 3.48. The Morgan fingerprint density at radius 1 is 1.21 bits per heavy atom. The number of amides is 1. The average molecular weight is 319 g/mol. The summed E-state index contributed by atoms with van der Waals surface area (Å²) >= 11 is 0. The first kappa shape index (κ1) is 15.6. The fourth-order valence-corrected chi connectivity index (χ4v) is 2.35. The second kappa shape index (κ2) is 7.28. The number of H-pyrrole nitrogens is 1. The van der Waals surface area contributed by atoms with Crippen molar-refractivity contribution in [2.24, 2.45) is 5.10 Å². The Kier molecular flexibility index (Phi) is 4.72. The number of carbonyl (C=O) groups excluding carboxylic acids is 1. The highest BCUT2D eigenvalue weighted by Gasteiger charge is 2.10. The van der Waals surface area contributed by atoms with Crippen molar-refractivity contribution in [3.05, 3.63) is 78.5 Å². The van der Waals surface area contributed by atoms with E-state index in [-0.39, 0.29) is 5.91 Å². The van der Waals surface area contributed by atoms with E-state index in [4.69, 9.17) is 4.74 Å². The van der Waals surface area contributed by atoms with Crippen LogP contribution in [-0.4, -0.2) is 23.7 Å². The van der Waals surface area contributed by atoms with Crippen LogP contribution in [0.2, 0.25) is 0 Å². The van der Waals surface area contributed by atoms with E-state index in [1.165, 1.54) is 0 Å². The monoisotopic (exact) mass is 319 g/mol. The second-order valence-corrected chi connectivity index (χ2v) is 5.08. The van der Waals surface area contributed by atoms with E-state index in [2.05, 4.69) is 22.1 Å². The van der Waals surface area contributed by atoms with Gasteiger partial charge in [-0.05, 0) is 18.2 Å². The summed E-state index contributed by atoms with van der Waals surface area (Å²) in [6.07, 6.45) is 5.09. The molecular formula is C19H17N3O2. The standard InChI is InChI=1S/C19H17N3O2/c1-2-11-24-18-10-6-4-8-16(18)19(23)22-21-13-14-12-20-17-9-5-3-7-15(14)17/h2-10,12-13,20H,1,11H2,(H,22,23)/b21-13+. The molecule has 1 aromatic heterocycles. The van der Waals surface area contributed by atoms with Crippen LogP contribution in [0, 0.1) is 0 Å². The van der Waals surface area contributed by atoms with Gasteiger partial charge in [0.1, 0.15) is 12.4 Å². The van der Waals surface area contributed by atoms with Crippen LogP contribution in [0.15, 0.2) is 72.5 Å². The highest BCUT2D eigenvalue weighted by Crippen LogP contribution is 2.18. The SMILES string of the molecule is C=CCOc1ccccc1C(=O)N/N=C/c1c[nH]c2ccccc12. The Morgan fingerprint density at radius 2 is 2.00 bits per heavy atom. The molecule has 0 radical (unpaired) electrons. The molecule has 0 atom stereocenters. The van der Waals surface area contributed by atoms with E-state index < -0.39 is 0 Å². The summed E-state index contributed by atoms with van der Waals surface area (Å²) in [6, 6.07) is 14.9. The highest BCUT2D eigenvalue weighted by atomic mass is 16.5. The number of hydrogen-bond acceptors (Lipinski definition) is 3. The van der Waals surface area contributed by atoms with E-state index in [1.807, 2.05) is 36.5 Å². The molecule has 5 nitrogen and oxygen atoms in total. The van der Waals surface area contributed by atoms with Crippen molar-refractivity contribution in [3.8, 4) is 5.75 Å². The summed E-state index contributed by atoms with van der Waals surface area (Å²) in [5.74, 6) is 0.169. The molecule has 0 bridgehead atoms. The van der Waals surface area contributed by atoms with Gasteiger partial charge in [-0.25, -0.2) is 5.43 Å². The van der Waals surface area contributed by atoms with Crippen molar-refractivity contribution in [1.29, 1.82) is 0 Å². The number of fused-ring (bicyclic) bond motifs is 1. The molecule has 1 amide bonds. The van der Waals surface area contributed by atoms with Gasteiger partial charge in [0.25, 0.3) is 5.91 Å². The van der Waals surface area contributed by atoms with Crippen molar-refractivity contribution in [2.75, 3.05) is 6.61 Å². The van der Waals surface area contributed by atoms with Gasteiger partial charge >= 0.3 is 0 Å². The first-order chi connectivity index (χ1) is 11.8. The Hall–Kier alpha value is -3.34. The molecule has 0 aliphatic carbocycles. The number of aromatic amines is 1. The zero-order valence-electron chi connectivity index (χ0n) is 13.0. The molecule has 0 aliphatic heterocycles. The molecule has 0 spiro atoms. The molecule has 1 heterocycles. The van der Waals surface area contributed by atoms with Gasteiger partial charge in [0, 0.05) is 22.7 Å². The van der Waals surface area contributed by atoms with Gasteiger partial charge in [-0.2, -0.15) is 5.10 Å². The zero-order chi connectivity index (χ0) is 16.8. The van der Waals surface area contributed by atoms with Crippen molar-refractivity contribution < 1.29 is 9.53 Å². The van der Waals surface area contributed by atoms with Gasteiger partial charge < -0.3 is 9.72 Å². The molecule has 3 rings (SSSR count). The summed E-state index contributed by atoms with van der Waals surface area (Å²) in [4.78, 5) is 15.4. The Bertz CT molecular complexity index is 896. The summed E-state index contributed by atoms with van der Waals surface area (Å²) in [6.45, 7) is 3.94. The number of hydrogen-bond donors (Lipinski definition) is 2. The molecule has 5 heteroatoms. The van der Waals surface area contributed by atoms with Gasteiger partial charge in [0.2, 0.25) is 0 Å². The fraction of sp³-hybridized carbons (Fsp3) is 0.0526. The van der Waals surface area contributed by atoms with Crippen molar-refractivity contribution in [2.45, 2.75) is 0 Å². The molecule has 3 aromatic rings. The van der Waals surface area contributed by atoms with Gasteiger partial charge in [0.05, 0.1) is 11.8 Å².